The summed E-state index contributed by atoms with van der Waals surface area (Å²) < 4.78 is 12.7. The maximum absolute atomic E-state index is 13.0. The predicted octanol–water partition coefficient (Wildman–Crippen LogP) is 1.24. The topological polar surface area (TPSA) is 106 Å². The van der Waals surface area contributed by atoms with Crippen LogP contribution in [0.2, 0.25) is 0 Å². The number of nitrogens with one attached hydrogen (secondary N) is 3. The van der Waals surface area contributed by atoms with Crippen molar-refractivity contribution in [3.63, 3.8) is 0 Å². The number of halogens is 1. The minimum atomic E-state index is -0.601. The summed E-state index contributed by atoms with van der Waals surface area (Å²) in [7, 11) is 1.65. The zero-order chi connectivity index (χ0) is 22.9. The van der Waals surface area contributed by atoms with Crippen molar-refractivity contribution < 1.29 is 14.4 Å². The predicted molar refractivity (Wildman–Crippen MR) is 130 cm³/mol. The number of nitrogens with zero attached hydrogens (tertiary/aromatic N) is 2. The van der Waals surface area contributed by atoms with E-state index in [1.165, 1.54) is 11.1 Å². The first-order chi connectivity index (χ1) is 16.0. The molecule has 0 spiro atoms. The third-order valence-electron chi connectivity index (χ3n) is 5.86. The van der Waals surface area contributed by atoms with Crippen molar-refractivity contribution >= 4 is 44.1 Å². The number of quaternary nitrogens is 1. The highest BCUT2D eigenvalue weighted by Gasteiger charge is 2.17. The first-order valence-corrected chi connectivity index (χ1v) is 11.4. The van der Waals surface area contributed by atoms with Crippen LogP contribution in [0.15, 0.2) is 55.6 Å². The molecule has 1 aliphatic heterocycles. The van der Waals surface area contributed by atoms with Crippen LogP contribution >= 0.6 is 15.9 Å². The van der Waals surface area contributed by atoms with E-state index in [2.05, 4.69) is 31.0 Å². The molecule has 1 saturated heterocycles. The van der Waals surface area contributed by atoms with E-state index in [1.54, 1.807) is 7.11 Å². The Morgan fingerprint density at radius 2 is 1.97 bits per heavy atom. The van der Waals surface area contributed by atoms with Gasteiger partial charge < -0.3 is 24.3 Å². The highest BCUT2D eigenvalue weighted by molar-refractivity contribution is 9.10. The van der Waals surface area contributed by atoms with E-state index in [0.29, 0.717) is 11.0 Å². The van der Waals surface area contributed by atoms with Crippen LogP contribution < -0.4 is 20.9 Å². The number of hydrogen-bond acceptors (Lipinski definition) is 5. The van der Waals surface area contributed by atoms with Crippen molar-refractivity contribution in [1.29, 1.82) is 0 Å². The molecule has 1 aliphatic rings. The first-order valence-electron chi connectivity index (χ1n) is 10.6. The molecule has 5 rings (SSSR count). The van der Waals surface area contributed by atoms with Crippen molar-refractivity contribution in [2.45, 2.75) is 6.54 Å². The van der Waals surface area contributed by atoms with Crippen LogP contribution in [0.4, 0.5) is 0 Å². The molecule has 2 aromatic carbocycles. The molecule has 33 heavy (non-hydrogen) atoms. The van der Waals surface area contributed by atoms with Gasteiger partial charge >= 0.3 is 11.2 Å². The van der Waals surface area contributed by atoms with Gasteiger partial charge in [0.15, 0.2) is 0 Å². The number of benzene rings is 2. The molecular formula is C23H23BrN5O4+. The van der Waals surface area contributed by atoms with Gasteiger partial charge in [-0.3, -0.25) is 4.79 Å². The van der Waals surface area contributed by atoms with Gasteiger partial charge in [0.2, 0.25) is 0 Å². The number of methoxy groups -OCH3 is 1. The molecule has 0 atom stereocenters. The Kier molecular flexibility index (Phi) is 5.88. The molecule has 0 unspecified atom stereocenters. The Labute approximate surface area is 196 Å². The number of aromatic amines is 2. The fourth-order valence-electron chi connectivity index (χ4n) is 4.16. The highest BCUT2D eigenvalue weighted by atomic mass is 79.9. The van der Waals surface area contributed by atoms with Crippen molar-refractivity contribution in [3.8, 4) is 5.75 Å². The molecule has 170 valence electrons. The summed E-state index contributed by atoms with van der Waals surface area (Å²) in [4.78, 5) is 32.9. The quantitative estimate of drug-likeness (QED) is 0.350. The maximum Gasteiger partial charge on any atom is 0.350 e. The summed E-state index contributed by atoms with van der Waals surface area (Å²) in [5.74, 6) is 0.798. The molecule has 0 amide bonds. The Hall–Kier alpha value is -3.21. The van der Waals surface area contributed by atoms with Crippen LogP contribution in [0.25, 0.3) is 21.9 Å². The second kappa shape index (κ2) is 8.97. The summed E-state index contributed by atoms with van der Waals surface area (Å²) in [6.07, 6.45) is 1.51. The average Bonchev–Trinajstić information content (AvgIpc) is 3.17. The normalized spacial score (nSPS) is 15.1. The third kappa shape index (κ3) is 4.24. The van der Waals surface area contributed by atoms with Crippen molar-refractivity contribution in [2.75, 3.05) is 33.4 Å². The largest absolute Gasteiger partial charge is 0.496 e. The molecule has 0 aliphatic carbocycles. The molecule has 3 N–H and O–H groups in total. The standard InChI is InChI=1S/C23H22BrN5O4/c1-32-19-5-2-14(10-15(19)13-28-6-8-33-9-7-28)12-25-29-22(30)21-20(27-23(29)31)17-11-16(24)3-4-18(17)26-21/h2-5,10-12,26H,6-9,13H2,1H3,(H,27,31)/p+1. The van der Waals surface area contributed by atoms with Gasteiger partial charge in [-0.15, -0.1) is 4.68 Å². The summed E-state index contributed by atoms with van der Waals surface area (Å²) in [6, 6.07) is 11.3. The van der Waals surface area contributed by atoms with Gasteiger partial charge in [-0.1, -0.05) is 15.9 Å². The van der Waals surface area contributed by atoms with Crippen molar-refractivity contribution in [3.05, 3.63) is 72.8 Å². The van der Waals surface area contributed by atoms with Gasteiger partial charge in [-0.2, -0.15) is 5.10 Å². The zero-order valence-corrected chi connectivity index (χ0v) is 19.6. The monoisotopic (exact) mass is 512 g/mol. The van der Waals surface area contributed by atoms with Crippen molar-refractivity contribution in [2.24, 2.45) is 5.10 Å². The zero-order valence-electron chi connectivity index (χ0n) is 18.0. The minimum absolute atomic E-state index is 0.297. The van der Waals surface area contributed by atoms with E-state index >= 15 is 0 Å². The Morgan fingerprint density at radius 3 is 2.76 bits per heavy atom. The number of H-pyrrole nitrogens is 2. The number of aromatic nitrogens is 3. The van der Waals surface area contributed by atoms with Crippen LogP contribution in [-0.2, 0) is 11.3 Å². The Morgan fingerprint density at radius 1 is 1.15 bits per heavy atom. The molecule has 1 fully saturated rings. The Bertz CT molecular complexity index is 1480. The molecule has 9 nitrogen and oxygen atoms in total. The van der Waals surface area contributed by atoms with Gasteiger partial charge in [0.1, 0.15) is 30.9 Å². The van der Waals surface area contributed by atoms with E-state index in [-0.39, 0.29) is 0 Å². The van der Waals surface area contributed by atoms with E-state index in [1.807, 2.05) is 36.4 Å². The second-order valence-corrected chi connectivity index (χ2v) is 8.88. The molecule has 4 aromatic rings. The third-order valence-corrected chi connectivity index (χ3v) is 6.35. The summed E-state index contributed by atoms with van der Waals surface area (Å²) in [6.45, 7) is 4.17. The van der Waals surface area contributed by atoms with E-state index in [9.17, 15) is 9.59 Å². The minimum Gasteiger partial charge on any atom is -0.496 e. The van der Waals surface area contributed by atoms with Crippen LogP contribution in [0.5, 0.6) is 5.75 Å². The number of hydrogen-bond donors (Lipinski definition) is 3. The maximum atomic E-state index is 13.0. The van der Waals surface area contributed by atoms with Gasteiger partial charge in [-0.25, -0.2) is 4.79 Å². The van der Waals surface area contributed by atoms with E-state index in [4.69, 9.17) is 9.47 Å². The first kappa shape index (κ1) is 21.6. The van der Waals surface area contributed by atoms with E-state index in [0.717, 1.165) is 69.8 Å². The fraction of sp³-hybridized carbons (Fsp3) is 0.261. The second-order valence-electron chi connectivity index (χ2n) is 7.97. The molecule has 0 bridgehead atoms. The number of fused-ring (bicyclic) bond motifs is 3. The lowest BCUT2D eigenvalue weighted by Crippen LogP contribution is -3.12. The molecule has 3 heterocycles. The molecular weight excluding hydrogens is 490 g/mol. The Balaban J connectivity index is 1.50. The van der Waals surface area contributed by atoms with Crippen LogP contribution in [-0.4, -0.2) is 54.3 Å². The highest BCUT2D eigenvalue weighted by Crippen LogP contribution is 2.24. The number of morpholine rings is 1. The van der Waals surface area contributed by atoms with Gasteiger partial charge in [0.25, 0.3) is 0 Å². The lowest BCUT2D eigenvalue weighted by molar-refractivity contribution is -0.921. The molecule has 0 saturated carbocycles. The lowest BCUT2D eigenvalue weighted by atomic mass is 10.1. The summed E-state index contributed by atoms with van der Waals surface area (Å²) in [5.41, 5.74) is 2.22. The average molecular weight is 513 g/mol. The van der Waals surface area contributed by atoms with Gasteiger partial charge in [0.05, 0.1) is 32.1 Å². The van der Waals surface area contributed by atoms with E-state index < -0.39 is 11.2 Å². The molecule has 0 radical (unpaired) electrons. The van der Waals surface area contributed by atoms with Gasteiger partial charge in [0, 0.05) is 20.9 Å². The van der Waals surface area contributed by atoms with Crippen LogP contribution in [0.1, 0.15) is 11.1 Å². The van der Waals surface area contributed by atoms with Crippen LogP contribution in [0, 0.1) is 0 Å². The summed E-state index contributed by atoms with van der Waals surface area (Å²) in [5, 5.41) is 4.95. The fourth-order valence-corrected chi connectivity index (χ4v) is 4.53. The number of rotatable bonds is 5. The molecule has 10 heteroatoms. The SMILES string of the molecule is COc1ccc(C=Nn2c(=O)[nH]c3c([nH]c4ccc(Br)cc43)c2=O)cc1C[NH+]1CCOCC1. The van der Waals surface area contributed by atoms with Gasteiger partial charge in [-0.05, 0) is 42.0 Å². The molecule has 2 aromatic heterocycles. The van der Waals surface area contributed by atoms with Crippen molar-refractivity contribution in [1.82, 2.24) is 14.6 Å². The summed E-state index contributed by atoms with van der Waals surface area (Å²) >= 11 is 3.42. The lowest BCUT2D eigenvalue weighted by Gasteiger charge is -2.24. The number of ether oxygens (including phenoxy) is 2. The van der Waals surface area contributed by atoms with Crippen LogP contribution in [0.3, 0.4) is 0 Å². The smallest absolute Gasteiger partial charge is 0.350 e.